The van der Waals surface area contributed by atoms with E-state index in [1.165, 1.54) is 38.1 Å². The minimum absolute atomic E-state index is 0.0402. The maximum absolute atomic E-state index is 15.7. The number of amides is 1. The van der Waals surface area contributed by atoms with Gasteiger partial charge in [-0.1, -0.05) is 35.9 Å². The van der Waals surface area contributed by atoms with Gasteiger partial charge in [0.15, 0.2) is 15.5 Å². The summed E-state index contributed by atoms with van der Waals surface area (Å²) in [5, 5.41) is 3.29. The molecule has 0 aromatic heterocycles. The molecule has 1 aliphatic heterocycles. The van der Waals surface area contributed by atoms with Crippen LogP contribution in [0.4, 0.5) is 17.6 Å². The van der Waals surface area contributed by atoms with Gasteiger partial charge in [-0.25, -0.2) is 21.2 Å². The van der Waals surface area contributed by atoms with Crippen LogP contribution in [0, 0.1) is 0 Å². The molecule has 0 aliphatic carbocycles. The largest absolute Gasteiger partial charge is 0.416 e. The third-order valence-electron chi connectivity index (χ3n) is 6.28. The highest BCUT2D eigenvalue weighted by Crippen LogP contribution is 2.41. The number of benzene rings is 2. The van der Waals surface area contributed by atoms with Gasteiger partial charge in [0.05, 0.1) is 10.5 Å². The molecule has 1 N–H and O–H groups in total. The molecule has 39 heavy (non-hydrogen) atoms. The number of carbonyl (C=O) groups is 1. The number of nitrogens with one attached hydrogen (secondary N) is 1. The molecule has 1 aliphatic rings. The maximum Gasteiger partial charge on any atom is 0.416 e. The quantitative estimate of drug-likeness (QED) is 0.446. The average molecular weight is 611 g/mol. The fraction of sp³-hybridized carbons (Fsp3) is 0.400. The van der Waals surface area contributed by atoms with E-state index in [9.17, 15) is 34.8 Å². The fourth-order valence-electron chi connectivity index (χ4n) is 4.34. The van der Waals surface area contributed by atoms with Crippen LogP contribution in [0.1, 0.15) is 32.3 Å². The molecule has 1 fully saturated rings. The standard InChI is InChI=1S/C25H27ClF4N2O5S2/c1-16(10-13-38(3,34)35)31-23(33)24(27)11-12-32(17(2)15-24)39(36,37)22-9-8-18(25(28,29)30)14-20(22)19-6-4-5-7-21(19)26/h4-10,13-14,16-17H,11-12,15H2,1-3H3,(H,31,33)/b13-10-/t16-,17-,24+/m1/s1. The number of alkyl halides is 4. The van der Waals surface area contributed by atoms with Crippen LogP contribution in [-0.2, 0) is 30.8 Å². The van der Waals surface area contributed by atoms with Crippen LogP contribution in [0.3, 0.4) is 0 Å². The molecule has 0 unspecified atom stereocenters. The van der Waals surface area contributed by atoms with Crippen LogP contribution < -0.4 is 5.32 Å². The van der Waals surface area contributed by atoms with Crippen LogP contribution in [-0.4, -0.2) is 57.6 Å². The van der Waals surface area contributed by atoms with Gasteiger partial charge in [0.1, 0.15) is 0 Å². The summed E-state index contributed by atoms with van der Waals surface area (Å²) < 4.78 is 107. The SMILES string of the molecule is C[C@H](/C=C\S(C)(=O)=O)NC(=O)[C@]1(F)CCN(S(=O)(=O)c2ccc(C(F)(F)F)cc2-c2ccccc2Cl)[C@H](C)C1. The number of hydrogen-bond donors (Lipinski definition) is 1. The highest BCUT2D eigenvalue weighted by Gasteiger charge is 2.48. The van der Waals surface area contributed by atoms with E-state index in [1.807, 2.05) is 0 Å². The van der Waals surface area contributed by atoms with Crippen molar-refractivity contribution >= 4 is 37.4 Å². The third kappa shape index (κ3) is 7.19. The van der Waals surface area contributed by atoms with E-state index in [-0.39, 0.29) is 16.1 Å². The molecule has 3 rings (SSSR count). The van der Waals surface area contributed by atoms with Crippen molar-refractivity contribution < 1.29 is 39.2 Å². The van der Waals surface area contributed by atoms with Crippen LogP contribution >= 0.6 is 11.6 Å². The van der Waals surface area contributed by atoms with E-state index in [2.05, 4.69) is 5.32 Å². The van der Waals surface area contributed by atoms with E-state index < -0.39 is 79.5 Å². The van der Waals surface area contributed by atoms with Gasteiger partial charge in [0.25, 0.3) is 5.91 Å². The number of carbonyl (C=O) groups excluding carboxylic acids is 1. The van der Waals surface area contributed by atoms with Crippen molar-refractivity contribution in [3.8, 4) is 11.1 Å². The number of sulfone groups is 1. The Kier molecular flexibility index (Phi) is 8.90. The molecule has 2 aromatic rings. The van der Waals surface area contributed by atoms with Gasteiger partial charge < -0.3 is 5.32 Å². The van der Waals surface area contributed by atoms with Gasteiger partial charge in [0.2, 0.25) is 10.0 Å². The first-order chi connectivity index (χ1) is 17.8. The van der Waals surface area contributed by atoms with Crippen molar-refractivity contribution in [3.05, 3.63) is 64.5 Å². The zero-order valence-electron chi connectivity index (χ0n) is 21.2. The molecule has 1 saturated heterocycles. The Morgan fingerprint density at radius 2 is 1.79 bits per heavy atom. The summed E-state index contributed by atoms with van der Waals surface area (Å²) in [5.74, 6) is -1.02. The summed E-state index contributed by atoms with van der Waals surface area (Å²) in [7, 11) is -7.92. The fourth-order valence-corrected chi connectivity index (χ4v) is 6.91. The molecule has 1 amide bonds. The van der Waals surface area contributed by atoms with Gasteiger partial charge in [-0.2, -0.15) is 17.5 Å². The topological polar surface area (TPSA) is 101 Å². The van der Waals surface area contributed by atoms with Gasteiger partial charge in [-0.15, -0.1) is 0 Å². The van der Waals surface area contributed by atoms with E-state index >= 15 is 4.39 Å². The molecular formula is C25H27ClF4N2O5S2. The van der Waals surface area contributed by atoms with Crippen LogP contribution in [0.25, 0.3) is 11.1 Å². The van der Waals surface area contributed by atoms with Gasteiger partial charge in [-0.05, 0) is 38.1 Å². The number of hydrogen-bond acceptors (Lipinski definition) is 5. The van der Waals surface area contributed by atoms with E-state index in [1.54, 1.807) is 6.07 Å². The minimum Gasteiger partial charge on any atom is -0.347 e. The molecule has 1 heterocycles. The van der Waals surface area contributed by atoms with Crippen molar-refractivity contribution in [3.63, 3.8) is 0 Å². The molecule has 2 aromatic carbocycles. The Morgan fingerprint density at radius 3 is 2.36 bits per heavy atom. The Bertz CT molecular complexity index is 1500. The Hall–Kier alpha value is -2.48. The lowest BCUT2D eigenvalue weighted by molar-refractivity contribution is -0.137. The number of sulfonamides is 1. The first-order valence-electron chi connectivity index (χ1n) is 11.7. The van der Waals surface area contributed by atoms with Crippen molar-refractivity contribution in [1.29, 1.82) is 0 Å². The predicted molar refractivity (Wildman–Crippen MR) is 140 cm³/mol. The Balaban J connectivity index is 1.92. The van der Waals surface area contributed by atoms with Gasteiger partial charge in [-0.3, -0.25) is 4.79 Å². The molecule has 3 atom stereocenters. The van der Waals surface area contributed by atoms with Crippen molar-refractivity contribution in [2.75, 3.05) is 12.8 Å². The first kappa shape index (κ1) is 31.1. The smallest absolute Gasteiger partial charge is 0.347 e. The van der Waals surface area contributed by atoms with E-state index in [0.717, 1.165) is 22.0 Å². The van der Waals surface area contributed by atoms with Crippen LogP contribution in [0.5, 0.6) is 0 Å². The number of rotatable bonds is 7. The summed E-state index contributed by atoms with van der Waals surface area (Å²) in [4.78, 5) is 12.2. The number of nitrogens with zero attached hydrogens (tertiary/aromatic N) is 1. The number of halogens is 5. The number of piperidine rings is 1. The van der Waals surface area contributed by atoms with E-state index in [4.69, 9.17) is 11.6 Å². The van der Waals surface area contributed by atoms with Crippen LogP contribution in [0.15, 0.2) is 58.8 Å². The normalized spacial score (nSPS) is 22.1. The summed E-state index contributed by atoms with van der Waals surface area (Å²) in [6, 6.07) is 6.22. The maximum atomic E-state index is 15.7. The van der Waals surface area contributed by atoms with Gasteiger partial charge in [0, 0.05) is 59.3 Å². The molecule has 0 spiro atoms. The van der Waals surface area contributed by atoms with Crippen LogP contribution in [0.2, 0.25) is 5.02 Å². The molecule has 7 nitrogen and oxygen atoms in total. The highest BCUT2D eigenvalue weighted by molar-refractivity contribution is 7.93. The summed E-state index contributed by atoms with van der Waals surface area (Å²) in [5.41, 5.74) is -3.71. The monoisotopic (exact) mass is 610 g/mol. The molecule has 14 heteroatoms. The minimum atomic E-state index is -4.74. The zero-order chi connectivity index (χ0) is 29.4. The summed E-state index contributed by atoms with van der Waals surface area (Å²) >= 11 is 6.20. The predicted octanol–water partition coefficient (Wildman–Crippen LogP) is 4.97. The van der Waals surface area contributed by atoms with Crippen molar-refractivity contribution in [2.45, 2.75) is 55.5 Å². The molecule has 0 radical (unpaired) electrons. The lowest BCUT2D eigenvalue weighted by Gasteiger charge is -2.40. The van der Waals surface area contributed by atoms with Crippen molar-refractivity contribution in [2.24, 2.45) is 0 Å². The molecule has 214 valence electrons. The summed E-state index contributed by atoms with van der Waals surface area (Å²) in [6.07, 6.45) is -3.65. The summed E-state index contributed by atoms with van der Waals surface area (Å²) in [6.45, 7) is 2.42. The Labute approximate surface area is 229 Å². The second-order valence-corrected chi connectivity index (χ2v) is 13.7. The second-order valence-electron chi connectivity index (χ2n) is 9.49. The van der Waals surface area contributed by atoms with Crippen molar-refractivity contribution in [1.82, 2.24) is 9.62 Å². The molecule has 0 bridgehead atoms. The lowest BCUT2D eigenvalue weighted by Crippen LogP contribution is -2.56. The first-order valence-corrected chi connectivity index (χ1v) is 15.5. The Morgan fingerprint density at radius 1 is 1.15 bits per heavy atom. The zero-order valence-corrected chi connectivity index (χ0v) is 23.6. The third-order valence-corrected chi connectivity index (χ3v) is 9.33. The average Bonchev–Trinajstić information content (AvgIpc) is 2.81. The lowest BCUT2D eigenvalue weighted by atomic mass is 9.89. The second kappa shape index (κ2) is 11.2. The molecular weight excluding hydrogens is 584 g/mol. The van der Waals surface area contributed by atoms with Gasteiger partial charge >= 0.3 is 6.18 Å². The van der Waals surface area contributed by atoms with E-state index in [0.29, 0.717) is 12.1 Å². The highest BCUT2D eigenvalue weighted by atomic mass is 35.5. The molecule has 0 saturated carbocycles.